The largest absolute Gasteiger partial charge is 0.481 e. The Labute approximate surface area is 87.8 Å². The van der Waals surface area contributed by atoms with E-state index < -0.39 is 24.5 Å². The van der Waals surface area contributed by atoms with Gasteiger partial charge in [-0.1, -0.05) is 0 Å². The van der Waals surface area contributed by atoms with Gasteiger partial charge in [0.2, 0.25) is 0 Å². The van der Waals surface area contributed by atoms with Gasteiger partial charge in [0.15, 0.2) is 0 Å². The van der Waals surface area contributed by atoms with Gasteiger partial charge in [-0.25, -0.2) is 0 Å². The van der Waals surface area contributed by atoms with Gasteiger partial charge in [-0.05, 0) is 13.8 Å². The van der Waals surface area contributed by atoms with Gasteiger partial charge in [0.25, 0.3) is 0 Å². The fourth-order valence-electron chi connectivity index (χ4n) is 0.736. The summed E-state index contributed by atoms with van der Waals surface area (Å²) in [5.41, 5.74) is 0. The maximum absolute atomic E-state index is 10.8. The van der Waals surface area contributed by atoms with E-state index in [9.17, 15) is 9.59 Å². The summed E-state index contributed by atoms with van der Waals surface area (Å²) in [6.45, 7) is 3.37. The molecule has 2 unspecified atom stereocenters. The third kappa shape index (κ3) is 9.17. The third-order valence-electron chi connectivity index (χ3n) is 1.40. The molecule has 6 nitrogen and oxygen atoms in total. The van der Waals surface area contributed by atoms with Gasteiger partial charge >= 0.3 is 11.9 Å². The van der Waals surface area contributed by atoms with Crippen LogP contribution in [-0.4, -0.2) is 47.6 Å². The molecule has 0 amide bonds. The number of carboxylic acids is 1. The molecule has 0 fully saturated rings. The number of carbonyl (C=O) groups is 2. The van der Waals surface area contributed by atoms with Crippen LogP contribution in [0.25, 0.3) is 0 Å². The number of aliphatic carboxylic acids is 1. The van der Waals surface area contributed by atoms with Crippen molar-refractivity contribution in [2.75, 3.05) is 13.2 Å². The highest BCUT2D eigenvalue weighted by Gasteiger charge is 2.11. The van der Waals surface area contributed by atoms with Gasteiger partial charge in [-0.3, -0.25) is 9.59 Å². The maximum atomic E-state index is 10.8. The summed E-state index contributed by atoms with van der Waals surface area (Å²) in [6, 6.07) is 0. The second-order valence-electron chi connectivity index (χ2n) is 3.25. The standard InChI is InChI=1S/C9H16O6/c1-6(10)4-14-7(2)5-15-9(13)3-8(11)12/h6-7,10H,3-5H2,1-2H3,(H,11,12). The average Bonchev–Trinajstić information content (AvgIpc) is 2.10. The minimum absolute atomic E-state index is 0.0150. The molecule has 6 heteroatoms. The lowest BCUT2D eigenvalue weighted by Gasteiger charge is -2.14. The predicted octanol–water partition coefficient (Wildman–Crippen LogP) is -0.210. The predicted molar refractivity (Wildman–Crippen MR) is 50.3 cm³/mol. The smallest absolute Gasteiger partial charge is 0.317 e. The van der Waals surface area contributed by atoms with Gasteiger partial charge in [0.05, 0.1) is 18.8 Å². The molecule has 0 radical (unpaired) electrons. The van der Waals surface area contributed by atoms with E-state index >= 15 is 0 Å². The first-order chi connectivity index (χ1) is 6.91. The van der Waals surface area contributed by atoms with Crippen molar-refractivity contribution in [2.45, 2.75) is 32.5 Å². The zero-order valence-electron chi connectivity index (χ0n) is 8.80. The molecule has 2 atom stereocenters. The van der Waals surface area contributed by atoms with E-state index in [-0.39, 0.29) is 19.3 Å². The zero-order chi connectivity index (χ0) is 11.8. The summed E-state index contributed by atoms with van der Waals surface area (Å²) in [5, 5.41) is 17.1. The molecule has 15 heavy (non-hydrogen) atoms. The lowest BCUT2D eigenvalue weighted by molar-refractivity contribution is -0.154. The summed E-state index contributed by atoms with van der Waals surface area (Å²) < 4.78 is 9.70. The van der Waals surface area contributed by atoms with Crippen molar-refractivity contribution in [3.63, 3.8) is 0 Å². The minimum Gasteiger partial charge on any atom is -0.481 e. The Morgan fingerprint density at radius 2 is 1.87 bits per heavy atom. The van der Waals surface area contributed by atoms with Gasteiger partial charge in [-0.2, -0.15) is 0 Å². The van der Waals surface area contributed by atoms with Gasteiger partial charge in [-0.15, -0.1) is 0 Å². The van der Waals surface area contributed by atoms with E-state index in [4.69, 9.17) is 14.9 Å². The molecule has 0 aliphatic carbocycles. The number of ether oxygens (including phenoxy) is 2. The second-order valence-corrected chi connectivity index (χ2v) is 3.25. The van der Waals surface area contributed by atoms with E-state index in [0.717, 1.165) is 0 Å². The molecule has 0 aliphatic rings. The molecule has 0 bridgehead atoms. The summed E-state index contributed by atoms with van der Waals surface area (Å²) in [4.78, 5) is 20.9. The van der Waals surface area contributed by atoms with Gasteiger partial charge < -0.3 is 19.7 Å². The highest BCUT2D eigenvalue weighted by molar-refractivity contribution is 5.90. The highest BCUT2D eigenvalue weighted by Crippen LogP contribution is 1.96. The minimum atomic E-state index is -1.22. The summed E-state index contributed by atoms with van der Waals surface area (Å²) >= 11 is 0. The number of rotatable bonds is 7. The van der Waals surface area contributed by atoms with Crippen molar-refractivity contribution in [2.24, 2.45) is 0 Å². The van der Waals surface area contributed by atoms with Crippen LogP contribution < -0.4 is 0 Å². The van der Waals surface area contributed by atoms with E-state index in [2.05, 4.69) is 4.74 Å². The fraction of sp³-hybridized carbons (Fsp3) is 0.778. The quantitative estimate of drug-likeness (QED) is 0.455. The summed E-state index contributed by atoms with van der Waals surface area (Å²) in [5.74, 6) is -2.02. The van der Waals surface area contributed by atoms with Crippen LogP contribution in [0.15, 0.2) is 0 Å². The Morgan fingerprint density at radius 3 is 2.33 bits per heavy atom. The molecule has 0 aromatic heterocycles. The Balaban J connectivity index is 3.57. The van der Waals surface area contributed by atoms with E-state index in [1.54, 1.807) is 13.8 Å². The van der Waals surface area contributed by atoms with E-state index in [1.165, 1.54) is 0 Å². The van der Waals surface area contributed by atoms with Crippen LogP contribution in [0, 0.1) is 0 Å². The monoisotopic (exact) mass is 220 g/mol. The third-order valence-corrected chi connectivity index (χ3v) is 1.40. The number of aliphatic hydroxyl groups is 1. The Morgan fingerprint density at radius 1 is 1.27 bits per heavy atom. The van der Waals surface area contributed by atoms with Gasteiger partial charge in [0.1, 0.15) is 13.0 Å². The molecule has 0 saturated carbocycles. The molecule has 0 rings (SSSR count). The average molecular weight is 220 g/mol. The van der Waals surface area contributed by atoms with Crippen molar-refractivity contribution in [3.05, 3.63) is 0 Å². The summed E-state index contributed by atoms with van der Waals surface area (Å²) in [6.07, 6.45) is -1.59. The SMILES string of the molecule is CC(O)COC(C)COC(=O)CC(=O)O. The van der Waals surface area contributed by atoms with Crippen LogP contribution in [-0.2, 0) is 19.1 Å². The molecular formula is C9H16O6. The maximum Gasteiger partial charge on any atom is 0.317 e. The first kappa shape index (κ1) is 13.9. The molecule has 0 saturated heterocycles. The Hall–Kier alpha value is -1.14. The molecule has 2 N–H and O–H groups in total. The molecule has 0 aliphatic heterocycles. The van der Waals surface area contributed by atoms with Crippen molar-refractivity contribution >= 4 is 11.9 Å². The second kappa shape index (κ2) is 7.19. The number of aliphatic hydroxyl groups excluding tert-OH is 1. The van der Waals surface area contributed by atoms with E-state index in [1.807, 2.05) is 0 Å². The highest BCUT2D eigenvalue weighted by atomic mass is 16.6. The van der Waals surface area contributed by atoms with Crippen molar-refractivity contribution < 1.29 is 29.3 Å². The molecule has 0 aromatic rings. The van der Waals surface area contributed by atoms with Gasteiger partial charge in [0, 0.05) is 0 Å². The van der Waals surface area contributed by atoms with Crippen LogP contribution in [0.2, 0.25) is 0 Å². The van der Waals surface area contributed by atoms with Crippen LogP contribution in [0.1, 0.15) is 20.3 Å². The lowest BCUT2D eigenvalue weighted by atomic mass is 10.4. The number of hydrogen-bond acceptors (Lipinski definition) is 5. The Kier molecular flexibility index (Phi) is 6.64. The van der Waals surface area contributed by atoms with Crippen LogP contribution in [0.4, 0.5) is 0 Å². The van der Waals surface area contributed by atoms with Crippen molar-refractivity contribution in [1.82, 2.24) is 0 Å². The van der Waals surface area contributed by atoms with Crippen LogP contribution in [0.3, 0.4) is 0 Å². The number of hydrogen-bond donors (Lipinski definition) is 2. The van der Waals surface area contributed by atoms with Crippen LogP contribution >= 0.6 is 0 Å². The first-order valence-corrected chi connectivity index (χ1v) is 4.59. The zero-order valence-corrected chi connectivity index (χ0v) is 8.80. The molecule has 88 valence electrons. The number of esters is 1. The van der Waals surface area contributed by atoms with E-state index in [0.29, 0.717) is 0 Å². The van der Waals surface area contributed by atoms with Crippen molar-refractivity contribution in [3.8, 4) is 0 Å². The number of carboxylic acid groups (broad SMARTS) is 1. The topological polar surface area (TPSA) is 93.1 Å². The van der Waals surface area contributed by atoms with Crippen LogP contribution in [0.5, 0.6) is 0 Å². The first-order valence-electron chi connectivity index (χ1n) is 4.59. The molecule has 0 spiro atoms. The molecule has 0 aromatic carbocycles. The lowest BCUT2D eigenvalue weighted by Crippen LogP contribution is -2.23. The van der Waals surface area contributed by atoms with Crippen molar-refractivity contribution in [1.29, 1.82) is 0 Å². The number of carbonyl (C=O) groups excluding carboxylic acids is 1. The Bertz CT molecular complexity index is 213. The molecular weight excluding hydrogens is 204 g/mol. The summed E-state index contributed by atoms with van der Waals surface area (Å²) in [7, 11) is 0. The molecule has 0 heterocycles. The fourth-order valence-corrected chi connectivity index (χ4v) is 0.736. The normalized spacial score (nSPS) is 14.3.